The molecule has 4 aromatic carbocycles. The van der Waals surface area contributed by atoms with Gasteiger partial charge in [-0.2, -0.15) is 0 Å². The molecule has 0 amide bonds. The van der Waals surface area contributed by atoms with Crippen molar-refractivity contribution in [1.29, 1.82) is 0 Å². The lowest BCUT2D eigenvalue weighted by Crippen LogP contribution is -2.16. The van der Waals surface area contributed by atoms with Gasteiger partial charge in [-0.15, -0.1) is 0 Å². The molecule has 40 heavy (non-hydrogen) atoms. The van der Waals surface area contributed by atoms with Crippen LogP contribution < -0.4 is 5.32 Å². The molecule has 2 N–H and O–H groups in total. The summed E-state index contributed by atoms with van der Waals surface area (Å²) in [4.78, 5) is 28.0. The standard InChI is InChI=1S/C33H23N7/c1-19-21-11-4-5-13-23(21)29(35-19)37-31-26-16-8-9-17-27(26)33(39-31)40-32-25-15-7-6-14-24(25)30(38-32)36-28-22-12-3-2-10-20(22)18-34-28/h2-17,39H,18H2,1H3,(H,34,36,38,40)/b37-29-. The smallest absolute Gasteiger partial charge is 0.164 e. The Balaban J connectivity index is 1.25. The van der Waals surface area contributed by atoms with Crippen LogP contribution in [-0.4, -0.2) is 34.0 Å². The molecule has 0 aliphatic carbocycles. The Morgan fingerprint density at radius 1 is 0.575 bits per heavy atom. The van der Waals surface area contributed by atoms with Crippen molar-refractivity contribution in [3.63, 3.8) is 0 Å². The zero-order valence-electron chi connectivity index (χ0n) is 21.7. The number of nitrogens with one attached hydrogen (secondary N) is 2. The van der Waals surface area contributed by atoms with Gasteiger partial charge in [0.15, 0.2) is 17.5 Å². The minimum atomic E-state index is 0.618. The Morgan fingerprint density at radius 2 is 1.12 bits per heavy atom. The van der Waals surface area contributed by atoms with E-state index in [-0.39, 0.29) is 0 Å². The van der Waals surface area contributed by atoms with Gasteiger partial charge in [-0.1, -0.05) is 97.1 Å². The van der Waals surface area contributed by atoms with Crippen LogP contribution in [-0.2, 0) is 6.54 Å². The van der Waals surface area contributed by atoms with E-state index < -0.39 is 0 Å². The SMILES string of the molecule is CC1=N/C(=N\c2[nH]c(/N=C3N=C(/N=C4\NCc5ccccc54)c4ccccc4\3)c3ccccc23)c2ccccc21. The summed E-state index contributed by atoms with van der Waals surface area (Å²) in [6, 6.07) is 32.7. The van der Waals surface area contributed by atoms with Crippen LogP contribution in [0.2, 0.25) is 0 Å². The van der Waals surface area contributed by atoms with E-state index in [1.54, 1.807) is 0 Å². The predicted octanol–water partition coefficient (Wildman–Crippen LogP) is 6.46. The summed E-state index contributed by atoms with van der Waals surface area (Å²) >= 11 is 0. The number of aromatic nitrogens is 1. The normalized spacial score (nSPS) is 18.2. The summed E-state index contributed by atoms with van der Waals surface area (Å²) in [5, 5.41) is 5.37. The number of benzene rings is 4. The molecule has 0 saturated carbocycles. The molecule has 3 aliphatic rings. The first kappa shape index (κ1) is 22.5. The number of rotatable bonds is 2. The number of nitrogens with zero attached hydrogens (tertiary/aromatic N) is 5. The van der Waals surface area contributed by atoms with Crippen molar-refractivity contribution >= 4 is 51.5 Å². The van der Waals surface area contributed by atoms with Gasteiger partial charge in [-0.3, -0.25) is 0 Å². The van der Waals surface area contributed by atoms with Crippen LogP contribution in [0.4, 0.5) is 11.6 Å². The molecule has 0 saturated heterocycles. The summed E-state index contributed by atoms with van der Waals surface area (Å²) < 4.78 is 0. The molecule has 0 atom stereocenters. The number of amidine groups is 4. The Kier molecular flexibility index (Phi) is 4.97. The van der Waals surface area contributed by atoms with Crippen LogP contribution in [0.5, 0.6) is 0 Å². The minimum Gasteiger partial charge on any atom is -0.365 e. The molecule has 7 nitrogen and oxygen atoms in total. The van der Waals surface area contributed by atoms with E-state index in [2.05, 4.69) is 52.8 Å². The van der Waals surface area contributed by atoms with Crippen LogP contribution in [0, 0.1) is 0 Å². The van der Waals surface area contributed by atoms with E-state index >= 15 is 0 Å². The van der Waals surface area contributed by atoms with Crippen molar-refractivity contribution in [3.05, 3.63) is 130 Å². The molecule has 7 heteroatoms. The van der Waals surface area contributed by atoms with Crippen molar-refractivity contribution in [2.75, 3.05) is 0 Å². The highest BCUT2D eigenvalue weighted by Gasteiger charge is 2.25. The zero-order chi connectivity index (χ0) is 26.6. The minimum absolute atomic E-state index is 0.618. The van der Waals surface area contributed by atoms with Gasteiger partial charge in [0.05, 0.1) is 0 Å². The fourth-order valence-corrected chi connectivity index (χ4v) is 5.54. The van der Waals surface area contributed by atoms with Gasteiger partial charge in [-0.05, 0) is 12.5 Å². The monoisotopic (exact) mass is 517 g/mol. The molecule has 190 valence electrons. The summed E-state index contributed by atoms with van der Waals surface area (Å²) in [5.74, 6) is 4.23. The van der Waals surface area contributed by atoms with Crippen molar-refractivity contribution < 1.29 is 0 Å². The summed E-state index contributed by atoms with van der Waals surface area (Å²) in [5.41, 5.74) is 7.37. The lowest BCUT2D eigenvalue weighted by atomic mass is 10.1. The first-order valence-corrected chi connectivity index (χ1v) is 13.3. The average molecular weight is 518 g/mol. The van der Waals surface area contributed by atoms with E-state index in [1.165, 1.54) is 5.56 Å². The fraction of sp³-hybridized carbons (Fsp3) is 0.0606. The molecule has 4 heterocycles. The number of H-pyrrole nitrogens is 1. The van der Waals surface area contributed by atoms with Crippen LogP contribution >= 0.6 is 0 Å². The molecule has 3 aliphatic heterocycles. The molecule has 5 aromatic rings. The van der Waals surface area contributed by atoms with Crippen LogP contribution in [0.25, 0.3) is 10.8 Å². The second-order valence-electron chi connectivity index (χ2n) is 9.93. The van der Waals surface area contributed by atoms with E-state index in [1.807, 2.05) is 61.5 Å². The van der Waals surface area contributed by atoms with Crippen molar-refractivity contribution in [2.45, 2.75) is 13.5 Å². The third-order valence-electron chi connectivity index (χ3n) is 7.50. The van der Waals surface area contributed by atoms with E-state index in [9.17, 15) is 0 Å². The van der Waals surface area contributed by atoms with Gasteiger partial charge in [-0.25, -0.2) is 25.0 Å². The van der Waals surface area contributed by atoms with Crippen molar-refractivity contribution in [3.8, 4) is 0 Å². The summed E-state index contributed by atoms with van der Waals surface area (Å²) in [6.45, 7) is 2.78. The Hall–Kier alpha value is -5.43. The van der Waals surface area contributed by atoms with Crippen LogP contribution in [0.3, 0.4) is 0 Å². The van der Waals surface area contributed by atoms with Crippen molar-refractivity contribution in [2.24, 2.45) is 25.0 Å². The maximum atomic E-state index is 5.03. The third kappa shape index (κ3) is 3.55. The first-order chi connectivity index (χ1) is 19.7. The number of aliphatic imine (C=N–C) groups is 5. The summed E-state index contributed by atoms with van der Waals surface area (Å²) in [7, 11) is 0. The van der Waals surface area contributed by atoms with E-state index in [0.717, 1.165) is 62.5 Å². The van der Waals surface area contributed by atoms with Gasteiger partial charge in [0.1, 0.15) is 17.5 Å². The van der Waals surface area contributed by atoms with Crippen LogP contribution in [0.15, 0.2) is 122 Å². The van der Waals surface area contributed by atoms with Gasteiger partial charge >= 0.3 is 0 Å². The summed E-state index contributed by atoms with van der Waals surface area (Å²) in [6.07, 6.45) is 0. The molecule has 8 rings (SSSR count). The largest absolute Gasteiger partial charge is 0.365 e. The maximum Gasteiger partial charge on any atom is 0.164 e. The van der Waals surface area contributed by atoms with Gasteiger partial charge in [0.2, 0.25) is 0 Å². The molecule has 0 radical (unpaired) electrons. The van der Waals surface area contributed by atoms with Crippen molar-refractivity contribution in [1.82, 2.24) is 10.3 Å². The quantitative estimate of drug-likeness (QED) is 0.277. The van der Waals surface area contributed by atoms with Gasteiger partial charge < -0.3 is 10.3 Å². The zero-order valence-corrected chi connectivity index (χ0v) is 21.7. The Bertz CT molecular complexity index is 2020. The number of fused-ring (bicyclic) bond motifs is 4. The number of hydrogen-bond acceptors (Lipinski definition) is 3. The topological polar surface area (TPSA) is 89.6 Å². The molecular weight excluding hydrogens is 494 g/mol. The number of hydrogen-bond donors (Lipinski definition) is 2. The fourth-order valence-electron chi connectivity index (χ4n) is 5.54. The third-order valence-corrected chi connectivity index (χ3v) is 7.50. The van der Waals surface area contributed by atoms with E-state index in [0.29, 0.717) is 23.3 Å². The molecule has 1 aromatic heterocycles. The molecular formula is C33H23N7. The predicted molar refractivity (Wildman–Crippen MR) is 162 cm³/mol. The van der Waals surface area contributed by atoms with Crippen LogP contribution in [0.1, 0.15) is 40.3 Å². The lowest BCUT2D eigenvalue weighted by Gasteiger charge is -2.01. The highest BCUT2D eigenvalue weighted by atomic mass is 15.1. The second kappa shape index (κ2) is 8.81. The van der Waals surface area contributed by atoms with Gasteiger partial charge in [0, 0.05) is 50.8 Å². The van der Waals surface area contributed by atoms with E-state index in [4.69, 9.17) is 25.0 Å². The first-order valence-electron chi connectivity index (χ1n) is 13.3. The average Bonchev–Trinajstić information content (AvgIpc) is 3.74. The molecule has 0 unspecified atom stereocenters. The second-order valence-corrected chi connectivity index (χ2v) is 9.93. The molecule has 0 bridgehead atoms. The highest BCUT2D eigenvalue weighted by Crippen LogP contribution is 2.36. The highest BCUT2D eigenvalue weighted by molar-refractivity contribution is 6.26. The number of aromatic amines is 1. The molecule has 0 fully saturated rings. The van der Waals surface area contributed by atoms with Gasteiger partial charge in [0.25, 0.3) is 0 Å². The molecule has 0 spiro atoms. The maximum absolute atomic E-state index is 5.03. The lowest BCUT2D eigenvalue weighted by molar-refractivity contribution is 0.963. The Morgan fingerprint density at radius 3 is 1.85 bits per heavy atom. The Labute approximate surface area is 230 Å².